The van der Waals surface area contributed by atoms with Gasteiger partial charge in [0.1, 0.15) is 0 Å². The first-order valence-electron chi connectivity index (χ1n) is 23.4. The minimum Gasteiger partial charge on any atom is -0.310 e. The molecule has 0 unspecified atom stereocenters. The van der Waals surface area contributed by atoms with Gasteiger partial charge in [0.25, 0.3) is 6.71 Å². The van der Waals surface area contributed by atoms with Crippen molar-refractivity contribution in [3.8, 4) is 22.7 Å². The summed E-state index contributed by atoms with van der Waals surface area (Å²) in [6.07, 6.45) is 0. The molecule has 0 fully saturated rings. The zero-order valence-corrected chi connectivity index (χ0v) is 36.1. The SMILES string of the molecule is c1cc2c3c(c1)-n1c4c(cccc4c4ccc5c6ccccc6n(-c6ccc7ccccc7c6)c5c41)B3c1cccc3c4cc5c(cc4n-2c13)c1ccccc1n5-c1ccc2ccccc2c1. The Hall–Kier alpha value is -8.80. The van der Waals surface area contributed by atoms with E-state index in [-0.39, 0.29) is 6.71 Å². The maximum Gasteiger partial charge on any atom is 0.252 e. The molecule has 4 aromatic heterocycles. The van der Waals surface area contributed by atoms with Crippen LogP contribution < -0.4 is 16.4 Å². The van der Waals surface area contributed by atoms with Gasteiger partial charge in [-0.1, -0.05) is 152 Å². The molecule has 0 aliphatic carbocycles. The van der Waals surface area contributed by atoms with Gasteiger partial charge >= 0.3 is 0 Å². The molecular weight excluding hydrogens is 812 g/mol. The first-order chi connectivity index (χ1) is 33.3. The predicted octanol–water partition coefficient (Wildman–Crippen LogP) is 13.5. The van der Waals surface area contributed by atoms with Crippen molar-refractivity contribution < 1.29 is 0 Å². The Balaban J connectivity index is 0.993. The molecule has 0 saturated carbocycles. The van der Waals surface area contributed by atoms with Gasteiger partial charge in [0, 0.05) is 76.9 Å². The molecule has 17 rings (SSSR count). The zero-order chi connectivity index (χ0) is 43.2. The molecule has 5 heteroatoms. The van der Waals surface area contributed by atoms with Gasteiger partial charge in [-0.15, -0.1) is 0 Å². The molecule has 0 radical (unpaired) electrons. The fraction of sp³-hybridized carbons (Fsp3) is 0. The molecule has 0 amide bonds. The second kappa shape index (κ2) is 12.1. The normalized spacial score (nSPS) is 13.0. The number of hydrogen-bond acceptors (Lipinski definition) is 0. The minimum absolute atomic E-state index is 0.0655. The number of aromatic nitrogens is 4. The third-order valence-corrected chi connectivity index (χ3v) is 15.7. The molecule has 0 saturated heterocycles. The number of benzene rings is 11. The molecule has 2 aliphatic rings. The minimum atomic E-state index is 0.0655. The Morgan fingerprint density at radius 1 is 0.254 bits per heavy atom. The molecule has 0 spiro atoms. The van der Waals surface area contributed by atoms with Gasteiger partial charge in [-0.25, -0.2) is 0 Å². The molecule has 6 heterocycles. The molecule has 2 aliphatic heterocycles. The molecule has 15 aromatic rings. The summed E-state index contributed by atoms with van der Waals surface area (Å²) in [7, 11) is 0. The number of para-hydroxylation sites is 4. The van der Waals surface area contributed by atoms with Gasteiger partial charge in [-0.3, -0.25) is 0 Å². The van der Waals surface area contributed by atoms with Crippen LogP contribution in [0.1, 0.15) is 0 Å². The summed E-state index contributed by atoms with van der Waals surface area (Å²) in [5.41, 5.74) is 18.9. The van der Waals surface area contributed by atoms with Gasteiger partial charge in [-0.05, 0) is 98.6 Å². The highest BCUT2D eigenvalue weighted by molar-refractivity contribution is 7.00. The molecule has 0 atom stereocenters. The van der Waals surface area contributed by atoms with E-state index < -0.39 is 0 Å². The first-order valence-corrected chi connectivity index (χ1v) is 23.4. The Bertz CT molecular complexity index is 4770. The molecule has 0 bridgehead atoms. The van der Waals surface area contributed by atoms with Crippen molar-refractivity contribution >= 4 is 132 Å². The zero-order valence-electron chi connectivity index (χ0n) is 36.1. The van der Waals surface area contributed by atoms with Crippen LogP contribution in [0.4, 0.5) is 0 Å². The largest absolute Gasteiger partial charge is 0.310 e. The van der Waals surface area contributed by atoms with Crippen molar-refractivity contribution in [3.05, 3.63) is 212 Å². The highest BCUT2D eigenvalue weighted by Gasteiger charge is 2.41. The molecule has 306 valence electrons. The summed E-state index contributed by atoms with van der Waals surface area (Å²) in [6, 6.07) is 79.9. The van der Waals surface area contributed by atoms with Crippen LogP contribution in [-0.4, -0.2) is 25.0 Å². The van der Waals surface area contributed by atoms with Gasteiger partial charge in [-0.2, -0.15) is 0 Å². The van der Waals surface area contributed by atoms with E-state index in [1.165, 1.54) is 148 Å². The number of nitrogens with zero attached hydrogens (tertiary/aromatic N) is 4. The number of fused-ring (bicyclic) bond motifs is 19. The van der Waals surface area contributed by atoms with E-state index in [9.17, 15) is 0 Å². The van der Waals surface area contributed by atoms with Crippen molar-refractivity contribution in [2.75, 3.05) is 0 Å². The second-order valence-corrected chi connectivity index (χ2v) is 18.8. The van der Waals surface area contributed by atoms with E-state index >= 15 is 0 Å². The lowest BCUT2D eigenvalue weighted by Crippen LogP contribution is -2.59. The lowest BCUT2D eigenvalue weighted by atomic mass is 9.34. The van der Waals surface area contributed by atoms with Crippen LogP contribution in [0, 0.1) is 0 Å². The summed E-state index contributed by atoms with van der Waals surface area (Å²) in [6.45, 7) is 0.0655. The van der Waals surface area contributed by atoms with E-state index in [0.29, 0.717) is 0 Å². The maximum absolute atomic E-state index is 2.64. The van der Waals surface area contributed by atoms with Crippen molar-refractivity contribution in [1.29, 1.82) is 0 Å². The fourth-order valence-electron chi connectivity index (χ4n) is 13.0. The Kier molecular flexibility index (Phi) is 6.25. The fourth-order valence-corrected chi connectivity index (χ4v) is 13.0. The van der Waals surface area contributed by atoms with Crippen LogP contribution in [0.2, 0.25) is 0 Å². The quantitative estimate of drug-likeness (QED) is 0.155. The monoisotopic (exact) mass is 846 g/mol. The van der Waals surface area contributed by atoms with Gasteiger partial charge < -0.3 is 18.3 Å². The van der Waals surface area contributed by atoms with Crippen LogP contribution in [0.15, 0.2) is 212 Å². The van der Waals surface area contributed by atoms with Crippen LogP contribution in [0.5, 0.6) is 0 Å². The smallest absolute Gasteiger partial charge is 0.252 e. The average molecular weight is 847 g/mol. The van der Waals surface area contributed by atoms with Gasteiger partial charge in [0.15, 0.2) is 0 Å². The van der Waals surface area contributed by atoms with E-state index in [0.717, 1.165) is 0 Å². The van der Waals surface area contributed by atoms with E-state index in [4.69, 9.17) is 0 Å². The van der Waals surface area contributed by atoms with E-state index in [1.54, 1.807) is 0 Å². The van der Waals surface area contributed by atoms with Gasteiger partial charge in [0.05, 0.1) is 33.1 Å². The topological polar surface area (TPSA) is 19.7 Å². The van der Waals surface area contributed by atoms with E-state index in [1.807, 2.05) is 0 Å². The summed E-state index contributed by atoms with van der Waals surface area (Å²) in [5.74, 6) is 0. The van der Waals surface area contributed by atoms with Crippen molar-refractivity contribution in [3.63, 3.8) is 0 Å². The van der Waals surface area contributed by atoms with Crippen molar-refractivity contribution in [1.82, 2.24) is 18.3 Å². The lowest BCUT2D eigenvalue weighted by molar-refractivity contribution is 1.13. The van der Waals surface area contributed by atoms with Crippen molar-refractivity contribution in [2.45, 2.75) is 0 Å². The molecule has 0 N–H and O–H groups in total. The maximum atomic E-state index is 2.64. The highest BCUT2D eigenvalue weighted by Crippen LogP contribution is 2.45. The van der Waals surface area contributed by atoms with Crippen molar-refractivity contribution in [2.24, 2.45) is 0 Å². The summed E-state index contributed by atoms with van der Waals surface area (Å²) in [5, 5.41) is 15.2. The highest BCUT2D eigenvalue weighted by atomic mass is 15.1. The Labute approximate surface area is 383 Å². The summed E-state index contributed by atoms with van der Waals surface area (Å²) < 4.78 is 10.2. The number of hydrogen-bond donors (Lipinski definition) is 0. The van der Waals surface area contributed by atoms with Crippen LogP contribution in [0.3, 0.4) is 0 Å². The summed E-state index contributed by atoms with van der Waals surface area (Å²) >= 11 is 0. The third-order valence-electron chi connectivity index (χ3n) is 15.7. The first kappa shape index (κ1) is 34.6. The van der Waals surface area contributed by atoms with Crippen LogP contribution >= 0.6 is 0 Å². The molecule has 67 heavy (non-hydrogen) atoms. The third kappa shape index (κ3) is 4.18. The molecular formula is C62H35BN4. The second-order valence-electron chi connectivity index (χ2n) is 18.8. The Morgan fingerprint density at radius 3 is 1.39 bits per heavy atom. The predicted molar refractivity (Wildman–Crippen MR) is 283 cm³/mol. The Morgan fingerprint density at radius 2 is 0.701 bits per heavy atom. The average Bonchev–Trinajstić information content (AvgIpc) is 4.11. The van der Waals surface area contributed by atoms with Crippen LogP contribution in [0.25, 0.3) is 132 Å². The lowest BCUT2D eigenvalue weighted by Gasteiger charge is -2.33. The number of rotatable bonds is 2. The van der Waals surface area contributed by atoms with E-state index in [2.05, 4.69) is 231 Å². The van der Waals surface area contributed by atoms with Gasteiger partial charge in [0.2, 0.25) is 0 Å². The summed E-state index contributed by atoms with van der Waals surface area (Å²) in [4.78, 5) is 0. The van der Waals surface area contributed by atoms with Crippen LogP contribution in [-0.2, 0) is 0 Å². The molecule has 4 nitrogen and oxygen atoms in total. The molecule has 11 aromatic carbocycles. The standard InChI is InChI=1S/C62H35BN4/c1-3-14-38-32-40(28-26-36(38)12-1)64-52-22-7-6-17-43(52)48-34-57-49(35-56(48)64)45-19-10-20-50-59(45)66(57)54-24-11-25-55-58(54)63(50)51-21-9-18-44-47-31-30-46-42-16-5-8-23-53(42)65(61(46)62(47)67(55)60(44)51)41-29-27-37-13-2-4-15-39(37)33-41/h1-35H.